The van der Waals surface area contributed by atoms with E-state index in [0.717, 1.165) is 4.90 Å². The number of nitrogens with zero attached hydrogens (tertiary/aromatic N) is 1. The number of nitrogens with one attached hydrogen (secondary N) is 1. The second-order valence-corrected chi connectivity index (χ2v) is 7.61. The fourth-order valence-electron chi connectivity index (χ4n) is 3.36. The summed E-state index contributed by atoms with van der Waals surface area (Å²) in [5, 5.41) is 11.9. The first-order valence-corrected chi connectivity index (χ1v) is 8.24. The first kappa shape index (κ1) is 19.4. The lowest BCUT2D eigenvalue weighted by molar-refractivity contribution is -0.137. The molecule has 2 atom stereocenters. The van der Waals surface area contributed by atoms with E-state index in [1.807, 2.05) is 0 Å². The highest BCUT2D eigenvalue weighted by atomic mass is 35.5. The Balaban J connectivity index is 2.31. The minimum absolute atomic E-state index is 0.0749. The summed E-state index contributed by atoms with van der Waals surface area (Å²) in [7, 11) is 0. The summed E-state index contributed by atoms with van der Waals surface area (Å²) >= 11 is 5.72. The molecule has 0 saturated carbocycles. The van der Waals surface area contributed by atoms with E-state index < -0.39 is 34.9 Å². The van der Waals surface area contributed by atoms with Crippen molar-refractivity contribution < 1.29 is 23.5 Å². The van der Waals surface area contributed by atoms with Crippen molar-refractivity contribution in [1.29, 1.82) is 0 Å². The van der Waals surface area contributed by atoms with Gasteiger partial charge in [0, 0.05) is 18.5 Å². The molecule has 0 spiro atoms. The lowest BCUT2D eigenvalue weighted by Gasteiger charge is -2.45. The Kier molecular flexibility index (Phi) is 5.27. The second-order valence-electron chi connectivity index (χ2n) is 7.20. The van der Waals surface area contributed by atoms with Crippen LogP contribution in [-0.4, -0.2) is 40.3 Å². The van der Waals surface area contributed by atoms with E-state index in [2.05, 4.69) is 5.32 Å². The van der Waals surface area contributed by atoms with Gasteiger partial charge < -0.3 is 10.4 Å². The number of amides is 2. The summed E-state index contributed by atoms with van der Waals surface area (Å²) in [5.41, 5.74) is -2.27. The molecule has 0 aliphatic carbocycles. The fourth-order valence-corrected chi connectivity index (χ4v) is 3.56. The molecule has 1 aliphatic heterocycles. The van der Waals surface area contributed by atoms with Gasteiger partial charge in [0.15, 0.2) is 0 Å². The lowest BCUT2D eigenvalue weighted by Crippen LogP contribution is -2.63. The smallest absolute Gasteiger partial charge is 0.408 e. The summed E-state index contributed by atoms with van der Waals surface area (Å²) in [6.45, 7) is 4.50. The minimum Gasteiger partial charge on any atom is -0.465 e. The molecule has 5 nitrogen and oxygen atoms in total. The number of rotatable bonds is 3. The van der Waals surface area contributed by atoms with Crippen molar-refractivity contribution in [3.63, 3.8) is 0 Å². The van der Waals surface area contributed by atoms with E-state index in [1.54, 1.807) is 26.8 Å². The number of likely N-dealkylation sites (tertiary alicyclic amines) is 1. The molecule has 1 saturated heterocycles. The van der Waals surface area contributed by atoms with Crippen molar-refractivity contribution in [2.45, 2.75) is 45.4 Å². The standard InChI is InChI=1S/C17H21ClF2N2O3/c1-16(2,3)17(7-11(19)9-22(17)15(24)25)14(23)21-8-10-5-4-6-12(18)13(10)20/h4-6,11H,7-9H2,1-3H3,(H,21,23)(H,24,25). The van der Waals surface area contributed by atoms with Gasteiger partial charge >= 0.3 is 6.09 Å². The van der Waals surface area contributed by atoms with Crippen LogP contribution in [0.1, 0.15) is 32.8 Å². The molecule has 1 heterocycles. The zero-order valence-corrected chi connectivity index (χ0v) is 15.0. The van der Waals surface area contributed by atoms with Gasteiger partial charge in [-0.2, -0.15) is 0 Å². The van der Waals surface area contributed by atoms with Crippen LogP contribution >= 0.6 is 11.6 Å². The van der Waals surface area contributed by atoms with E-state index >= 15 is 0 Å². The summed E-state index contributed by atoms with van der Waals surface area (Å²) < 4.78 is 28.0. The van der Waals surface area contributed by atoms with Gasteiger partial charge in [0.2, 0.25) is 5.91 Å². The Hall–Kier alpha value is -1.89. The minimum atomic E-state index is -1.58. The van der Waals surface area contributed by atoms with Gasteiger partial charge in [-0.25, -0.2) is 13.6 Å². The molecule has 0 bridgehead atoms. The van der Waals surface area contributed by atoms with E-state index in [4.69, 9.17) is 11.6 Å². The maximum Gasteiger partial charge on any atom is 0.408 e. The predicted octanol–water partition coefficient (Wildman–Crippen LogP) is 3.60. The molecule has 8 heteroatoms. The molecule has 2 N–H and O–H groups in total. The lowest BCUT2D eigenvalue weighted by atomic mass is 9.71. The molecule has 2 rings (SSSR count). The van der Waals surface area contributed by atoms with Gasteiger partial charge in [0.05, 0.1) is 11.6 Å². The van der Waals surface area contributed by atoms with E-state index in [0.29, 0.717) is 0 Å². The van der Waals surface area contributed by atoms with Crippen LogP contribution in [0.3, 0.4) is 0 Å². The van der Waals surface area contributed by atoms with Crippen molar-refractivity contribution in [2.24, 2.45) is 5.41 Å². The van der Waals surface area contributed by atoms with Gasteiger partial charge in [-0.15, -0.1) is 0 Å². The third kappa shape index (κ3) is 3.42. The van der Waals surface area contributed by atoms with Crippen LogP contribution in [0.2, 0.25) is 5.02 Å². The molecule has 0 aromatic heterocycles. The second kappa shape index (κ2) is 6.78. The average molecular weight is 375 g/mol. The average Bonchev–Trinajstić information content (AvgIpc) is 2.87. The maximum absolute atomic E-state index is 14.0. The Morgan fingerprint density at radius 2 is 2.08 bits per heavy atom. The number of hydrogen-bond acceptors (Lipinski definition) is 2. The van der Waals surface area contributed by atoms with Gasteiger partial charge in [-0.3, -0.25) is 9.69 Å². The molecule has 25 heavy (non-hydrogen) atoms. The molecule has 1 fully saturated rings. The van der Waals surface area contributed by atoms with E-state index in [9.17, 15) is 23.5 Å². The van der Waals surface area contributed by atoms with Gasteiger partial charge in [0.1, 0.15) is 17.5 Å². The zero-order chi connectivity index (χ0) is 19.0. The Labute approximate surface area is 150 Å². The Bertz CT molecular complexity index is 693. The topological polar surface area (TPSA) is 69.6 Å². The molecule has 138 valence electrons. The van der Waals surface area contributed by atoms with Crippen LogP contribution in [0.4, 0.5) is 13.6 Å². The molecule has 1 aliphatic rings. The third-order valence-electron chi connectivity index (χ3n) is 4.68. The predicted molar refractivity (Wildman–Crippen MR) is 89.7 cm³/mol. The summed E-state index contributed by atoms with van der Waals surface area (Å²) in [6.07, 6.45) is -3.05. The molecule has 2 amide bonds. The summed E-state index contributed by atoms with van der Waals surface area (Å²) in [6, 6.07) is 4.39. The van der Waals surface area contributed by atoms with Crippen molar-refractivity contribution in [1.82, 2.24) is 10.2 Å². The quantitative estimate of drug-likeness (QED) is 0.849. The van der Waals surface area contributed by atoms with Gasteiger partial charge in [-0.05, 0) is 11.5 Å². The largest absolute Gasteiger partial charge is 0.465 e. The highest BCUT2D eigenvalue weighted by Crippen LogP contribution is 2.45. The van der Waals surface area contributed by atoms with Crippen LogP contribution < -0.4 is 5.32 Å². The van der Waals surface area contributed by atoms with Crippen molar-refractivity contribution in [3.05, 3.63) is 34.6 Å². The Morgan fingerprint density at radius 3 is 2.64 bits per heavy atom. The van der Waals surface area contributed by atoms with Crippen LogP contribution in [0.25, 0.3) is 0 Å². The number of carbonyl (C=O) groups is 2. The SMILES string of the molecule is CC(C)(C)C1(C(=O)NCc2cccc(Cl)c2F)CC(F)CN1C(=O)O. The van der Waals surface area contributed by atoms with Crippen LogP contribution in [0.5, 0.6) is 0 Å². The number of hydrogen-bond donors (Lipinski definition) is 2. The normalized spacial score (nSPS) is 23.6. The van der Waals surface area contributed by atoms with Gasteiger partial charge in [0.25, 0.3) is 0 Å². The molecule has 1 aromatic rings. The maximum atomic E-state index is 14.0. The highest BCUT2D eigenvalue weighted by molar-refractivity contribution is 6.30. The number of carboxylic acid groups (broad SMARTS) is 1. The summed E-state index contributed by atoms with van der Waals surface area (Å²) in [5.74, 6) is -1.30. The third-order valence-corrected chi connectivity index (χ3v) is 4.97. The van der Waals surface area contributed by atoms with Crippen LogP contribution in [-0.2, 0) is 11.3 Å². The van der Waals surface area contributed by atoms with Crippen molar-refractivity contribution >= 4 is 23.6 Å². The molecule has 0 radical (unpaired) electrons. The van der Waals surface area contributed by atoms with Crippen LogP contribution in [0.15, 0.2) is 18.2 Å². The van der Waals surface area contributed by atoms with E-state index in [1.165, 1.54) is 12.1 Å². The zero-order valence-electron chi connectivity index (χ0n) is 14.3. The number of alkyl halides is 1. The molecular formula is C17H21ClF2N2O3. The first-order chi connectivity index (χ1) is 11.5. The number of halogens is 3. The van der Waals surface area contributed by atoms with Crippen molar-refractivity contribution in [2.75, 3.05) is 6.54 Å². The summed E-state index contributed by atoms with van der Waals surface area (Å²) in [4.78, 5) is 25.3. The molecule has 1 aromatic carbocycles. The first-order valence-electron chi connectivity index (χ1n) is 7.86. The van der Waals surface area contributed by atoms with Crippen LogP contribution in [0, 0.1) is 11.2 Å². The van der Waals surface area contributed by atoms with Gasteiger partial charge in [-0.1, -0.05) is 44.5 Å². The fraction of sp³-hybridized carbons (Fsp3) is 0.529. The van der Waals surface area contributed by atoms with E-state index in [-0.39, 0.29) is 30.1 Å². The molecular weight excluding hydrogens is 354 g/mol. The molecule has 2 unspecified atom stereocenters. The van der Waals surface area contributed by atoms with Crippen molar-refractivity contribution in [3.8, 4) is 0 Å². The Morgan fingerprint density at radius 1 is 1.44 bits per heavy atom. The highest BCUT2D eigenvalue weighted by Gasteiger charge is 2.60. The monoisotopic (exact) mass is 374 g/mol. The number of benzene rings is 1. The number of carbonyl (C=O) groups excluding carboxylic acids is 1.